The van der Waals surface area contributed by atoms with Gasteiger partial charge in [-0.25, -0.2) is 0 Å². The summed E-state index contributed by atoms with van der Waals surface area (Å²) in [6, 6.07) is 0. The molecule has 0 aromatic carbocycles. The largest absolute Gasteiger partial charge is 0.323 e. The van der Waals surface area contributed by atoms with Gasteiger partial charge in [0.15, 0.2) is 0 Å². The lowest BCUT2D eigenvalue weighted by molar-refractivity contribution is 1.40. The van der Waals surface area contributed by atoms with E-state index in [1.165, 1.54) is 0 Å². The topological polar surface area (TPSA) is 26.0 Å². The van der Waals surface area contributed by atoms with Crippen LogP contribution in [-0.4, -0.2) is 6.29 Å². The van der Waals surface area contributed by atoms with Crippen LogP contribution in [0.2, 0.25) is 0 Å². The summed E-state index contributed by atoms with van der Waals surface area (Å²) in [5.74, 6) is 0. The molecular formula is CH4NPS. The van der Waals surface area contributed by atoms with Gasteiger partial charge in [0.25, 0.3) is 0 Å². The Kier molecular flexibility index (Phi) is 3.90. The fourth-order valence-corrected chi connectivity index (χ4v) is 0. The van der Waals surface area contributed by atoms with E-state index in [0.29, 0.717) is 6.29 Å². The molecule has 0 aliphatic carbocycles. The molecule has 0 saturated heterocycles. The Morgan fingerprint density at radius 1 is 2.00 bits per heavy atom. The molecule has 3 heteroatoms. The molecule has 0 spiro atoms. The first kappa shape index (κ1) is 4.48. The Hall–Kier alpha value is 0.480. The molecule has 24 valence electrons. The number of hydrogen-bond acceptors (Lipinski definition) is 2. The Morgan fingerprint density at radius 2 is 2.25 bits per heavy atom. The van der Waals surface area contributed by atoms with E-state index in [1.54, 1.807) is 0 Å². The maximum absolute atomic E-state index is 4.91. The second-order valence-electron chi connectivity index (χ2n) is 0.312. The van der Waals surface area contributed by atoms with Gasteiger partial charge in [0.2, 0.25) is 0 Å². The highest BCUT2D eigenvalue weighted by molar-refractivity contribution is 7.96. The van der Waals surface area contributed by atoms with Crippen LogP contribution in [0.5, 0.6) is 0 Å². The van der Waals surface area contributed by atoms with Crippen LogP contribution in [0.1, 0.15) is 0 Å². The SMILES string of the molecule is NCP=S. The summed E-state index contributed by atoms with van der Waals surface area (Å²) in [5.41, 5.74) is 4.91. The maximum Gasteiger partial charge on any atom is 0.0458 e. The van der Waals surface area contributed by atoms with Crippen LogP contribution >= 0.6 is 7.36 Å². The molecule has 0 saturated carbocycles. The van der Waals surface area contributed by atoms with Gasteiger partial charge in [-0.05, 0) is 7.36 Å². The molecule has 0 rings (SSSR count). The molecule has 0 fully saturated rings. The molecule has 0 bridgehead atoms. The standard InChI is InChI=1S/CH4NPS/c2-1-3-4/h1-2H2. The summed E-state index contributed by atoms with van der Waals surface area (Å²) in [5, 5.41) is 0. The van der Waals surface area contributed by atoms with E-state index in [1.807, 2.05) is 0 Å². The Morgan fingerprint density at radius 3 is 2.25 bits per heavy atom. The van der Waals surface area contributed by atoms with Gasteiger partial charge < -0.3 is 5.73 Å². The summed E-state index contributed by atoms with van der Waals surface area (Å²) >= 11 is 4.40. The van der Waals surface area contributed by atoms with E-state index in [-0.39, 0.29) is 0 Å². The van der Waals surface area contributed by atoms with Crippen LogP contribution in [0.3, 0.4) is 0 Å². The van der Waals surface area contributed by atoms with E-state index in [9.17, 15) is 0 Å². The first-order chi connectivity index (χ1) is 1.91. The van der Waals surface area contributed by atoms with Crippen molar-refractivity contribution >= 4 is 19.2 Å². The summed E-state index contributed by atoms with van der Waals surface area (Å²) in [6.45, 7) is 0. The average molecular weight is 93.1 g/mol. The zero-order valence-electron chi connectivity index (χ0n) is 2.14. The van der Waals surface area contributed by atoms with Crippen LogP contribution < -0.4 is 5.73 Å². The fraction of sp³-hybridized carbons (Fsp3) is 1.00. The molecule has 2 N–H and O–H groups in total. The lowest BCUT2D eigenvalue weighted by atomic mass is 11.6. The zero-order valence-corrected chi connectivity index (χ0v) is 3.85. The summed E-state index contributed by atoms with van der Waals surface area (Å²) in [4.78, 5) is 0. The molecular weight excluding hydrogens is 89.1 g/mol. The van der Waals surface area contributed by atoms with Gasteiger partial charge in [-0.2, -0.15) is 0 Å². The van der Waals surface area contributed by atoms with Gasteiger partial charge in [-0.15, -0.1) is 0 Å². The molecule has 0 atom stereocenters. The van der Waals surface area contributed by atoms with Gasteiger partial charge in [-0.1, -0.05) is 11.8 Å². The van der Waals surface area contributed by atoms with E-state index >= 15 is 0 Å². The lowest BCUT2D eigenvalue weighted by Gasteiger charge is -1.57. The third-order valence-electron chi connectivity index (χ3n) is 0.0745. The molecule has 0 unspecified atom stereocenters. The zero-order chi connectivity index (χ0) is 3.41. The third kappa shape index (κ3) is 2.48. The van der Waals surface area contributed by atoms with Crippen molar-refractivity contribution in [2.75, 3.05) is 6.29 Å². The first-order valence-electron chi connectivity index (χ1n) is 0.907. The van der Waals surface area contributed by atoms with Crippen molar-refractivity contribution < 1.29 is 0 Å². The molecule has 0 aromatic heterocycles. The van der Waals surface area contributed by atoms with E-state index in [0.717, 1.165) is 7.36 Å². The van der Waals surface area contributed by atoms with Crippen molar-refractivity contribution in [3.05, 3.63) is 0 Å². The predicted octanol–water partition coefficient (Wildman–Crippen LogP) is 0.311. The maximum atomic E-state index is 4.91. The highest BCUT2D eigenvalue weighted by atomic mass is 32.4. The molecule has 0 aliphatic rings. The average Bonchev–Trinajstić information content (AvgIpc) is 1.37. The van der Waals surface area contributed by atoms with E-state index in [2.05, 4.69) is 11.8 Å². The van der Waals surface area contributed by atoms with Crippen molar-refractivity contribution in [1.29, 1.82) is 0 Å². The van der Waals surface area contributed by atoms with Gasteiger partial charge in [0.1, 0.15) is 0 Å². The predicted molar refractivity (Wildman–Crippen MR) is 23.3 cm³/mol. The Labute approximate surface area is 32.0 Å². The molecule has 0 radical (unpaired) electrons. The van der Waals surface area contributed by atoms with E-state index in [4.69, 9.17) is 5.73 Å². The quantitative estimate of drug-likeness (QED) is 0.472. The number of rotatable bonds is 1. The van der Waals surface area contributed by atoms with Gasteiger partial charge in [-0.3, -0.25) is 0 Å². The van der Waals surface area contributed by atoms with Crippen molar-refractivity contribution in [2.24, 2.45) is 5.73 Å². The van der Waals surface area contributed by atoms with Gasteiger partial charge >= 0.3 is 0 Å². The van der Waals surface area contributed by atoms with Crippen LogP contribution in [0, 0.1) is 0 Å². The summed E-state index contributed by atoms with van der Waals surface area (Å²) in [7, 11) is 0.860. The molecule has 4 heavy (non-hydrogen) atoms. The second kappa shape index (κ2) is 3.48. The molecule has 0 aliphatic heterocycles. The highest BCUT2D eigenvalue weighted by Gasteiger charge is 1.47. The molecule has 0 amide bonds. The van der Waals surface area contributed by atoms with Gasteiger partial charge in [0.05, 0.1) is 0 Å². The minimum Gasteiger partial charge on any atom is -0.323 e. The van der Waals surface area contributed by atoms with Gasteiger partial charge in [0, 0.05) is 6.29 Å². The van der Waals surface area contributed by atoms with Crippen molar-refractivity contribution in [3.8, 4) is 0 Å². The highest BCUT2D eigenvalue weighted by Crippen LogP contribution is 1.77. The van der Waals surface area contributed by atoms with Crippen molar-refractivity contribution in [2.45, 2.75) is 0 Å². The molecule has 0 aromatic rings. The van der Waals surface area contributed by atoms with E-state index < -0.39 is 0 Å². The first-order valence-corrected chi connectivity index (χ1v) is 3.00. The normalized spacial score (nSPS) is 8.25. The minimum atomic E-state index is 0.606. The van der Waals surface area contributed by atoms with Crippen LogP contribution in [0.25, 0.3) is 0 Å². The number of hydrogen-bond donors (Lipinski definition) is 1. The Balaban J connectivity index is 2.30. The van der Waals surface area contributed by atoms with Crippen molar-refractivity contribution in [1.82, 2.24) is 0 Å². The lowest BCUT2D eigenvalue weighted by Crippen LogP contribution is -1.84. The summed E-state index contributed by atoms with van der Waals surface area (Å²) in [6.07, 6.45) is 0.606. The molecule has 0 heterocycles. The fourth-order valence-electron chi connectivity index (χ4n) is 0. The second-order valence-corrected chi connectivity index (χ2v) is 1.71. The third-order valence-corrected chi connectivity index (χ3v) is 0.671. The monoisotopic (exact) mass is 93.0 g/mol. The molecule has 1 nitrogen and oxygen atoms in total. The van der Waals surface area contributed by atoms with Crippen LogP contribution in [-0.2, 0) is 11.8 Å². The van der Waals surface area contributed by atoms with Crippen LogP contribution in [0.4, 0.5) is 0 Å². The minimum absolute atomic E-state index is 0.606. The smallest absolute Gasteiger partial charge is 0.0458 e. The van der Waals surface area contributed by atoms with Crippen molar-refractivity contribution in [3.63, 3.8) is 0 Å². The summed E-state index contributed by atoms with van der Waals surface area (Å²) < 4.78 is 0. The van der Waals surface area contributed by atoms with Crippen LogP contribution in [0.15, 0.2) is 0 Å². The number of nitrogens with two attached hydrogens (primary N) is 1. The Bertz CT molecular complexity index is 22.0.